The van der Waals surface area contributed by atoms with Gasteiger partial charge in [-0.3, -0.25) is 9.59 Å². The maximum Gasteiger partial charge on any atom is 0.262 e. The number of hydrogen-bond acceptors (Lipinski definition) is 4. The van der Waals surface area contributed by atoms with Gasteiger partial charge in [0.15, 0.2) is 0 Å². The first-order valence-electron chi connectivity index (χ1n) is 7.84. The van der Waals surface area contributed by atoms with Crippen molar-refractivity contribution in [3.05, 3.63) is 22.4 Å². The number of rotatable bonds is 9. The Bertz CT molecular complexity index is 466. The third-order valence-corrected chi connectivity index (χ3v) is 4.39. The molecule has 5 nitrogen and oxygen atoms in total. The Kier molecular flexibility index (Phi) is 10.9. The minimum atomic E-state index is -0.551. The molecule has 0 aliphatic rings. The second-order valence-corrected chi connectivity index (χ2v) is 6.70. The Labute approximate surface area is 148 Å². The van der Waals surface area contributed by atoms with Crippen LogP contribution in [0.5, 0.6) is 0 Å². The lowest BCUT2D eigenvalue weighted by Crippen LogP contribution is -2.53. The fourth-order valence-electron chi connectivity index (χ4n) is 2.15. The summed E-state index contributed by atoms with van der Waals surface area (Å²) in [4.78, 5) is 25.2. The van der Waals surface area contributed by atoms with Crippen molar-refractivity contribution in [2.24, 2.45) is 11.7 Å². The molecule has 7 heteroatoms. The number of nitrogens with two attached hydrogens (primary N) is 1. The van der Waals surface area contributed by atoms with Crippen LogP contribution in [0.15, 0.2) is 17.5 Å². The van der Waals surface area contributed by atoms with Crippen molar-refractivity contribution in [3.63, 3.8) is 0 Å². The van der Waals surface area contributed by atoms with Gasteiger partial charge in [0.25, 0.3) is 5.91 Å². The highest BCUT2D eigenvalue weighted by atomic mass is 35.5. The van der Waals surface area contributed by atoms with Crippen molar-refractivity contribution in [2.45, 2.75) is 52.1 Å². The Morgan fingerprint density at radius 2 is 2.00 bits per heavy atom. The molecule has 1 aromatic rings. The van der Waals surface area contributed by atoms with Gasteiger partial charge in [-0.05, 0) is 23.8 Å². The molecule has 0 fully saturated rings. The molecular formula is C16H28ClN3O2S. The highest BCUT2D eigenvalue weighted by Gasteiger charge is 2.26. The Hall–Kier alpha value is -1.11. The van der Waals surface area contributed by atoms with Crippen molar-refractivity contribution in [1.82, 2.24) is 10.6 Å². The SMILES string of the molecule is CCCCC(CN)NC(=O)C(NC(=O)c1cccs1)C(C)C.Cl. The first-order chi connectivity index (χ1) is 10.5. The van der Waals surface area contributed by atoms with Gasteiger partial charge >= 0.3 is 0 Å². The molecule has 0 bridgehead atoms. The van der Waals surface area contributed by atoms with Gasteiger partial charge in [-0.2, -0.15) is 0 Å². The summed E-state index contributed by atoms with van der Waals surface area (Å²) in [5.41, 5.74) is 5.72. The van der Waals surface area contributed by atoms with Crippen LogP contribution in [0.2, 0.25) is 0 Å². The second kappa shape index (κ2) is 11.4. The summed E-state index contributed by atoms with van der Waals surface area (Å²) in [5, 5.41) is 7.62. The van der Waals surface area contributed by atoms with E-state index in [0.717, 1.165) is 19.3 Å². The van der Waals surface area contributed by atoms with E-state index >= 15 is 0 Å². The highest BCUT2D eigenvalue weighted by molar-refractivity contribution is 7.12. The van der Waals surface area contributed by atoms with Gasteiger partial charge in [0.1, 0.15) is 6.04 Å². The van der Waals surface area contributed by atoms with Crippen LogP contribution in [-0.4, -0.2) is 30.4 Å². The fourth-order valence-corrected chi connectivity index (χ4v) is 2.77. The van der Waals surface area contributed by atoms with E-state index in [1.54, 1.807) is 6.07 Å². The third kappa shape index (κ3) is 7.33. The number of nitrogens with one attached hydrogen (secondary N) is 2. The predicted octanol–water partition coefficient (Wildman–Crippen LogP) is 2.56. The van der Waals surface area contributed by atoms with E-state index in [2.05, 4.69) is 17.6 Å². The first-order valence-corrected chi connectivity index (χ1v) is 8.72. The zero-order chi connectivity index (χ0) is 16.5. The average molecular weight is 362 g/mol. The molecule has 0 saturated carbocycles. The fraction of sp³-hybridized carbons (Fsp3) is 0.625. The first kappa shape index (κ1) is 21.9. The lowest BCUT2D eigenvalue weighted by Gasteiger charge is -2.25. The van der Waals surface area contributed by atoms with Gasteiger partial charge in [-0.15, -0.1) is 23.7 Å². The van der Waals surface area contributed by atoms with E-state index in [4.69, 9.17) is 5.73 Å². The van der Waals surface area contributed by atoms with Gasteiger partial charge in [0, 0.05) is 12.6 Å². The van der Waals surface area contributed by atoms with Crippen molar-refractivity contribution in [1.29, 1.82) is 0 Å². The molecule has 132 valence electrons. The lowest BCUT2D eigenvalue weighted by atomic mass is 10.0. The van der Waals surface area contributed by atoms with Crippen LogP contribution in [-0.2, 0) is 4.79 Å². The monoisotopic (exact) mass is 361 g/mol. The normalized spacial score (nSPS) is 13.1. The zero-order valence-corrected chi connectivity index (χ0v) is 15.6. The largest absolute Gasteiger partial charge is 0.350 e. The minimum absolute atomic E-state index is 0. The molecule has 0 aliphatic heterocycles. The number of carbonyl (C=O) groups excluding carboxylic acids is 2. The van der Waals surface area contributed by atoms with Crippen molar-refractivity contribution < 1.29 is 9.59 Å². The molecule has 0 radical (unpaired) electrons. The molecule has 1 heterocycles. The summed E-state index contributed by atoms with van der Waals surface area (Å²) < 4.78 is 0. The molecule has 1 aromatic heterocycles. The molecule has 2 unspecified atom stereocenters. The molecule has 1 rings (SSSR count). The number of amides is 2. The van der Waals surface area contributed by atoms with Crippen molar-refractivity contribution in [2.75, 3.05) is 6.54 Å². The van der Waals surface area contributed by atoms with Crippen LogP contribution in [0, 0.1) is 5.92 Å². The third-order valence-electron chi connectivity index (χ3n) is 3.52. The Morgan fingerprint density at radius 3 is 2.48 bits per heavy atom. The van der Waals surface area contributed by atoms with E-state index in [9.17, 15) is 9.59 Å². The summed E-state index contributed by atoms with van der Waals surface area (Å²) in [6.45, 7) is 6.36. The van der Waals surface area contributed by atoms with Crippen LogP contribution in [0.3, 0.4) is 0 Å². The molecule has 2 atom stereocenters. The predicted molar refractivity (Wildman–Crippen MR) is 98.2 cm³/mol. The van der Waals surface area contributed by atoms with Gasteiger partial charge in [-0.1, -0.05) is 39.7 Å². The van der Waals surface area contributed by atoms with Crippen LogP contribution in [0.25, 0.3) is 0 Å². The highest BCUT2D eigenvalue weighted by Crippen LogP contribution is 2.11. The smallest absolute Gasteiger partial charge is 0.262 e. The zero-order valence-electron chi connectivity index (χ0n) is 14.0. The topological polar surface area (TPSA) is 84.2 Å². The number of hydrogen-bond donors (Lipinski definition) is 3. The van der Waals surface area contributed by atoms with E-state index in [1.807, 2.05) is 25.3 Å². The van der Waals surface area contributed by atoms with E-state index in [-0.39, 0.29) is 36.2 Å². The van der Waals surface area contributed by atoms with Crippen LogP contribution in [0.1, 0.15) is 49.7 Å². The van der Waals surface area contributed by atoms with Gasteiger partial charge in [-0.25, -0.2) is 0 Å². The quantitative estimate of drug-likeness (QED) is 0.632. The van der Waals surface area contributed by atoms with Gasteiger partial charge < -0.3 is 16.4 Å². The molecule has 2 amide bonds. The Morgan fingerprint density at radius 1 is 1.30 bits per heavy atom. The maximum atomic E-state index is 12.4. The number of unbranched alkanes of at least 4 members (excludes halogenated alkanes) is 1. The summed E-state index contributed by atoms with van der Waals surface area (Å²) in [6, 6.07) is 2.98. The van der Waals surface area contributed by atoms with Crippen molar-refractivity contribution >= 4 is 35.6 Å². The summed E-state index contributed by atoms with van der Waals surface area (Å²) in [6.07, 6.45) is 2.95. The molecule has 23 heavy (non-hydrogen) atoms. The standard InChI is InChI=1S/C16H27N3O2S.ClH/c1-4-5-7-12(10-17)18-16(21)14(11(2)3)19-15(20)13-8-6-9-22-13;/h6,8-9,11-12,14H,4-5,7,10,17H2,1-3H3,(H,18,21)(H,19,20);1H. The summed E-state index contributed by atoms with van der Waals surface area (Å²) in [7, 11) is 0. The van der Waals surface area contributed by atoms with E-state index in [1.165, 1.54) is 11.3 Å². The van der Waals surface area contributed by atoms with Gasteiger partial charge in [0.2, 0.25) is 5.91 Å². The van der Waals surface area contributed by atoms with Crippen molar-refractivity contribution in [3.8, 4) is 0 Å². The minimum Gasteiger partial charge on any atom is -0.350 e. The molecule has 0 aliphatic carbocycles. The average Bonchev–Trinajstić information content (AvgIpc) is 3.02. The second-order valence-electron chi connectivity index (χ2n) is 5.76. The van der Waals surface area contributed by atoms with Crippen LogP contribution in [0.4, 0.5) is 0 Å². The van der Waals surface area contributed by atoms with E-state index in [0.29, 0.717) is 11.4 Å². The van der Waals surface area contributed by atoms with Crippen LogP contribution < -0.4 is 16.4 Å². The number of carbonyl (C=O) groups is 2. The molecule has 4 N–H and O–H groups in total. The molecular weight excluding hydrogens is 334 g/mol. The van der Waals surface area contributed by atoms with Gasteiger partial charge in [0.05, 0.1) is 4.88 Å². The molecule has 0 spiro atoms. The molecule has 0 saturated heterocycles. The van der Waals surface area contributed by atoms with E-state index < -0.39 is 6.04 Å². The number of thiophene rings is 1. The lowest BCUT2D eigenvalue weighted by molar-refractivity contribution is -0.124. The Balaban J connectivity index is 0.00000484. The molecule has 0 aromatic carbocycles. The van der Waals surface area contributed by atoms with Crippen LogP contribution >= 0.6 is 23.7 Å². The number of halogens is 1. The summed E-state index contributed by atoms with van der Waals surface area (Å²) in [5.74, 6) is -0.360. The summed E-state index contributed by atoms with van der Waals surface area (Å²) >= 11 is 1.36. The maximum absolute atomic E-state index is 12.4.